The van der Waals surface area contributed by atoms with Crippen molar-refractivity contribution in [2.75, 3.05) is 5.73 Å². The molecule has 0 aliphatic heterocycles. The van der Waals surface area contributed by atoms with Gasteiger partial charge in [0.1, 0.15) is 4.90 Å². The van der Waals surface area contributed by atoms with Crippen LogP contribution in [0.1, 0.15) is 46.0 Å². The summed E-state index contributed by atoms with van der Waals surface area (Å²) in [4.78, 5) is 0.0974. The van der Waals surface area contributed by atoms with Crippen LogP contribution >= 0.6 is 0 Å². The van der Waals surface area contributed by atoms with Gasteiger partial charge in [0.15, 0.2) is 5.82 Å². The van der Waals surface area contributed by atoms with E-state index in [0.717, 1.165) is 19.3 Å². The van der Waals surface area contributed by atoms with E-state index in [-0.39, 0.29) is 16.8 Å². The molecule has 0 aromatic carbocycles. The van der Waals surface area contributed by atoms with Crippen molar-refractivity contribution in [1.82, 2.24) is 14.5 Å². The molecule has 1 saturated carbocycles. The Morgan fingerprint density at radius 1 is 1.50 bits per heavy atom. The lowest BCUT2D eigenvalue weighted by atomic mass is 10.1. The Balaban J connectivity index is 2.11. The van der Waals surface area contributed by atoms with Crippen LogP contribution in [0.4, 0.5) is 5.82 Å². The first kappa shape index (κ1) is 15.3. The van der Waals surface area contributed by atoms with E-state index in [1.54, 1.807) is 4.68 Å². The number of anilines is 1. The van der Waals surface area contributed by atoms with Crippen LogP contribution in [0.2, 0.25) is 0 Å². The molecule has 1 aliphatic carbocycles. The van der Waals surface area contributed by atoms with Crippen LogP contribution in [0.3, 0.4) is 0 Å². The molecule has 1 heterocycles. The zero-order valence-corrected chi connectivity index (χ0v) is 13.0. The highest BCUT2D eigenvalue weighted by molar-refractivity contribution is 7.89. The summed E-state index contributed by atoms with van der Waals surface area (Å²) in [6.45, 7) is 4.67. The van der Waals surface area contributed by atoms with E-state index in [1.165, 1.54) is 19.0 Å². The van der Waals surface area contributed by atoms with Gasteiger partial charge in [0.2, 0.25) is 10.0 Å². The fourth-order valence-electron chi connectivity index (χ4n) is 2.31. The lowest BCUT2D eigenvalue weighted by Crippen LogP contribution is -2.35. The van der Waals surface area contributed by atoms with Crippen LogP contribution in [0, 0.1) is 5.92 Å². The molecule has 1 unspecified atom stereocenters. The van der Waals surface area contributed by atoms with Crippen molar-refractivity contribution in [2.24, 2.45) is 5.92 Å². The summed E-state index contributed by atoms with van der Waals surface area (Å²) in [5.74, 6) is 0.759. The quantitative estimate of drug-likeness (QED) is 0.765. The molecule has 0 saturated heterocycles. The Kier molecular flexibility index (Phi) is 4.70. The molecule has 0 bridgehead atoms. The second-order valence-electron chi connectivity index (χ2n) is 5.55. The summed E-state index contributed by atoms with van der Waals surface area (Å²) in [6, 6.07) is -0.0126. The third-order valence-corrected chi connectivity index (χ3v) is 5.16. The molecule has 0 spiro atoms. The minimum atomic E-state index is -3.58. The SMILES string of the molecule is CCCn1cc(S(=O)(=O)NC(CC)CC2CC2)c(N)n1. The van der Waals surface area contributed by atoms with Crippen LogP contribution < -0.4 is 10.5 Å². The van der Waals surface area contributed by atoms with Crippen LogP contribution in [-0.4, -0.2) is 24.2 Å². The van der Waals surface area contributed by atoms with Crippen molar-refractivity contribution < 1.29 is 8.42 Å². The van der Waals surface area contributed by atoms with Crippen molar-refractivity contribution in [1.29, 1.82) is 0 Å². The molecule has 1 aliphatic rings. The summed E-state index contributed by atoms with van der Waals surface area (Å²) in [6.07, 6.45) is 6.54. The largest absolute Gasteiger partial charge is 0.381 e. The number of aryl methyl sites for hydroxylation is 1. The number of hydrogen-bond donors (Lipinski definition) is 2. The highest BCUT2D eigenvalue weighted by atomic mass is 32.2. The fraction of sp³-hybridized carbons (Fsp3) is 0.769. The van der Waals surface area contributed by atoms with Crippen molar-refractivity contribution >= 4 is 15.8 Å². The van der Waals surface area contributed by atoms with E-state index in [2.05, 4.69) is 9.82 Å². The van der Waals surface area contributed by atoms with Crippen LogP contribution in [-0.2, 0) is 16.6 Å². The van der Waals surface area contributed by atoms with Crippen molar-refractivity contribution in [3.63, 3.8) is 0 Å². The van der Waals surface area contributed by atoms with Gasteiger partial charge in [0.05, 0.1) is 0 Å². The lowest BCUT2D eigenvalue weighted by molar-refractivity contribution is 0.495. The zero-order chi connectivity index (χ0) is 14.8. The number of rotatable bonds is 8. The van der Waals surface area contributed by atoms with Gasteiger partial charge in [-0.15, -0.1) is 0 Å². The molecule has 3 N–H and O–H groups in total. The molecule has 6 nitrogen and oxygen atoms in total. The van der Waals surface area contributed by atoms with Crippen LogP contribution in [0.15, 0.2) is 11.1 Å². The minimum Gasteiger partial charge on any atom is -0.381 e. The van der Waals surface area contributed by atoms with Gasteiger partial charge >= 0.3 is 0 Å². The molecular weight excluding hydrogens is 276 g/mol. The molecular formula is C13H24N4O2S. The molecule has 1 atom stereocenters. The molecule has 1 aromatic rings. The van der Waals surface area contributed by atoms with Gasteiger partial charge in [-0.2, -0.15) is 5.10 Å². The Morgan fingerprint density at radius 2 is 2.20 bits per heavy atom. The Bertz CT molecular complexity index is 549. The third-order valence-electron chi connectivity index (χ3n) is 3.63. The average Bonchev–Trinajstić information content (AvgIpc) is 3.11. The van der Waals surface area contributed by atoms with E-state index in [1.807, 2.05) is 13.8 Å². The topological polar surface area (TPSA) is 90.0 Å². The number of nitrogens with one attached hydrogen (secondary N) is 1. The summed E-state index contributed by atoms with van der Waals surface area (Å²) < 4.78 is 29.1. The van der Waals surface area contributed by atoms with Crippen molar-refractivity contribution in [3.8, 4) is 0 Å². The fourth-order valence-corrected chi connectivity index (χ4v) is 3.71. The summed E-state index contributed by atoms with van der Waals surface area (Å²) >= 11 is 0. The Hall–Kier alpha value is -1.08. The summed E-state index contributed by atoms with van der Waals surface area (Å²) in [5, 5.41) is 4.05. The Labute approximate surface area is 120 Å². The van der Waals surface area contributed by atoms with E-state index in [4.69, 9.17) is 5.73 Å². The van der Waals surface area contributed by atoms with Gasteiger partial charge in [0.25, 0.3) is 0 Å². The molecule has 114 valence electrons. The normalized spacial score (nSPS) is 17.3. The molecule has 2 rings (SSSR count). The smallest absolute Gasteiger partial charge is 0.246 e. The van der Waals surface area contributed by atoms with E-state index < -0.39 is 10.0 Å². The van der Waals surface area contributed by atoms with E-state index >= 15 is 0 Å². The number of nitrogen functional groups attached to an aromatic ring is 1. The first-order chi connectivity index (χ1) is 9.46. The predicted octanol–water partition coefficient (Wildman–Crippen LogP) is 1.73. The minimum absolute atomic E-state index is 0.0126. The summed E-state index contributed by atoms with van der Waals surface area (Å²) in [5.41, 5.74) is 5.74. The lowest BCUT2D eigenvalue weighted by Gasteiger charge is -2.16. The van der Waals surface area contributed by atoms with E-state index in [0.29, 0.717) is 12.5 Å². The predicted molar refractivity (Wildman–Crippen MR) is 78.7 cm³/mol. The number of nitrogens with zero attached hydrogens (tertiary/aromatic N) is 2. The van der Waals surface area contributed by atoms with Gasteiger partial charge in [-0.3, -0.25) is 4.68 Å². The monoisotopic (exact) mass is 300 g/mol. The average molecular weight is 300 g/mol. The second-order valence-corrected chi connectivity index (χ2v) is 7.23. The maximum atomic E-state index is 12.4. The van der Waals surface area contributed by atoms with Gasteiger partial charge < -0.3 is 5.73 Å². The van der Waals surface area contributed by atoms with Crippen LogP contribution in [0.25, 0.3) is 0 Å². The maximum absolute atomic E-state index is 12.4. The molecule has 1 fully saturated rings. The molecule has 20 heavy (non-hydrogen) atoms. The van der Waals surface area contributed by atoms with Gasteiger partial charge in [-0.1, -0.05) is 26.7 Å². The maximum Gasteiger partial charge on any atom is 0.246 e. The number of aromatic nitrogens is 2. The molecule has 0 radical (unpaired) electrons. The first-order valence-corrected chi connectivity index (χ1v) is 8.79. The second kappa shape index (κ2) is 6.13. The van der Waals surface area contributed by atoms with Crippen LogP contribution in [0.5, 0.6) is 0 Å². The summed E-state index contributed by atoms with van der Waals surface area (Å²) in [7, 11) is -3.58. The number of nitrogens with two attached hydrogens (primary N) is 1. The third kappa shape index (κ3) is 3.73. The molecule has 7 heteroatoms. The molecule has 0 amide bonds. The Morgan fingerprint density at radius 3 is 2.75 bits per heavy atom. The van der Waals surface area contributed by atoms with Crippen molar-refractivity contribution in [2.45, 2.75) is 63.4 Å². The zero-order valence-electron chi connectivity index (χ0n) is 12.2. The van der Waals surface area contributed by atoms with Gasteiger partial charge in [-0.25, -0.2) is 13.1 Å². The van der Waals surface area contributed by atoms with Gasteiger partial charge in [0, 0.05) is 18.8 Å². The van der Waals surface area contributed by atoms with E-state index in [9.17, 15) is 8.42 Å². The highest BCUT2D eigenvalue weighted by Gasteiger charge is 2.29. The molecule has 1 aromatic heterocycles. The first-order valence-electron chi connectivity index (χ1n) is 7.31. The number of hydrogen-bond acceptors (Lipinski definition) is 4. The van der Waals surface area contributed by atoms with Crippen molar-refractivity contribution in [3.05, 3.63) is 6.20 Å². The number of sulfonamides is 1. The standard InChI is InChI=1S/C13H24N4O2S/c1-3-7-17-9-12(13(14)15-17)20(18,19)16-11(4-2)8-10-5-6-10/h9-11,16H,3-8H2,1-2H3,(H2,14,15). The highest BCUT2D eigenvalue weighted by Crippen LogP contribution is 2.34. The van der Waals surface area contributed by atoms with Gasteiger partial charge in [-0.05, 0) is 25.2 Å².